The first-order valence-electron chi connectivity index (χ1n) is 10.6. The van der Waals surface area contributed by atoms with Crippen molar-refractivity contribution in [3.05, 3.63) is 64.6 Å². The van der Waals surface area contributed by atoms with Crippen LogP contribution in [0.1, 0.15) is 50.1 Å². The molecule has 160 valence electrons. The van der Waals surface area contributed by atoms with Crippen LogP contribution in [0.3, 0.4) is 0 Å². The van der Waals surface area contributed by atoms with Gasteiger partial charge in [0, 0.05) is 23.0 Å². The summed E-state index contributed by atoms with van der Waals surface area (Å²) in [5.41, 5.74) is 1.21. The molecular formula is C23H27BrN2O3S. The lowest BCUT2D eigenvalue weighted by Gasteiger charge is -2.33. The van der Waals surface area contributed by atoms with Crippen molar-refractivity contribution in [2.75, 3.05) is 6.54 Å². The molecule has 2 aromatic carbocycles. The first-order chi connectivity index (χ1) is 14.4. The van der Waals surface area contributed by atoms with Crippen LogP contribution in [0.4, 0.5) is 0 Å². The Morgan fingerprint density at radius 2 is 1.60 bits per heavy atom. The number of rotatable bonds is 5. The lowest BCUT2D eigenvalue weighted by molar-refractivity contribution is -0.137. The second-order valence-electron chi connectivity index (χ2n) is 8.22. The van der Waals surface area contributed by atoms with E-state index in [2.05, 4.69) is 32.8 Å². The van der Waals surface area contributed by atoms with Gasteiger partial charge in [0.1, 0.15) is 0 Å². The zero-order valence-corrected chi connectivity index (χ0v) is 19.2. The summed E-state index contributed by atoms with van der Waals surface area (Å²) in [6.45, 7) is 0.814. The molecular weight excluding hydrogens is 464 g/mol. The molecule has 0 radical (unpaired) electrons. The van der Waals surface area contributed by atoms with E-state index in [1.807, 2.05) is 23.1 Å². The molecule has 1 heterocycles. The molecule has 1 amide bonds. The Morgan fingerprint density at radius 1 is 0.933 bits per heavy atom. The number of carbonyl (C=O) groups is 1. The molecule has 1 N–H and O–H groups in total. The van der Waals surface area contributed by atoms with Gasteiger partial charge in [-0.05, 0) is 68.4 Å². The molecule has 1 saturated heterocycles. The molecule has 1 atom stereocenters. The van der Waals surface area contributed by atoms with Gasteiger partial charge < -0.3 is 4.90 Å². The first-order valence-corrected chi connectivity index (χ1v) is 12.8. The van der Waals surface area contributed by atoms with Gasteiger partial charge in [0.05, 0.1) is 10.9 Å². The third kappa shape index (κ3) is 4.79. The topological polar surface area (TPSA) is 66.5 Å². The van der Waals surface area contributed by atoms with E-state index >= 15 is 0 Å². The normalized spacial score (nSPS) is 24.7. The lowest BCUT2D eigenvalue weighted by atomic mass is 9.85. The van der Waals surface area contributed by atoms with Gasteiger partial charge in [0.2, 0.25) is 15.9 Å². The maximum absolute atomic E-state index is 13.2. The predicted molar refractivity (Wildman–Crippen MR) is 120 cm³/mol. The number of nitrogens with one attached hydrogen (secondary N) is 1. The van der Waals surface area contributed by atoms with Crippen LogP contribution in [0, 0.1) is 5.92 Å². The van der Waals surface area contributed by atoms with Crippen molar-refractivity contribution >= 4 is 31.9 Å². The highest BCUT2D eigenvalue weighted by Crippen LogP contribution is 2.36. The number of hydrogen-bond acceptors (Lipinski definition) is 3. The molecule has 1 aliphatic heterocycles. The van der Waals surface area contributed by atoms with E-state index in [1.54, 1.807) is 24.3 Å². The van der Waals surface area contributed by atoms with Crippen molar-refractivity contribution in [1.82, 2.24) is 9.62 Å². The van der Waals surface area contributed by atoms with Gasteiger partial charge in [-0.1, -0.05) is 46.3 Å². The molecule has 5 nitrogen and oxygen atoms in total. The van der Waals surface area contributed by atoms with E-state index in [0.29, 0.717) is 12.8 Å². The van der Waals surface area contributed by atoms with Gasteiger partial charge in [-0.15, -0.1) is 0 Å². The Morgan fingerprint density at radius 3 is 2.27 bits per heavy atom. The number of halogens is 1. The van der Waals surface area contributed by atoms with E-state index in [1.165, 1.54) is 5.56 Å². The lowest BCUT2D eigenvalue weighted by Crippen LogP contribution is -2.42. The number of sulfonamides is 1. The number of hydrogen-bond donors (Lipinski definition) is 1. The minimum atomic E-state index is -3.54. The molecule has 1 aliphatic carbocycles. The van der Waals surface area contributed by atoms with Crippen LogP contribution in [0.2, 0.25) is 0 Å². The third-order valence-electron chi connectivity index (χ3n) is 6.24. The molecule has 30 heavy (non-hydrogen) atoms. The SMILES string of the molecule is O=C([C@H]1CC[C@H](NS(=O)(=O)c2ccc(Br)cc2)CC1)N1CCC[C@@H]1c1ccccc1. The number of nitrogens with zero attached hydrogens (tertiary/aromatic N) is 1. The van der Waals surface area contributed by atoms with Gasteiger partial charge in [-0.3, -0.25) is 4.79 Å². The second-order valence-corrected chi connectivity index (χ2v) is 10.9. The highest BCUT2D eigenvalue weighted by molar-refractivity contribution is 9.10. The fourth-order valence-corrected chi connectivity index (χ4v) is 6.22. The standard InChI is InChI=1S/C23H27BrN2O3S/c24-19-10-14-21(15-11-19)30(28,29)25-20-12-8-18(9-13-20)23(27)26-16-4-7-22(26)17-5-2-1-3-6-17/h1-3,5-6,10-11,14-15,18,20,22,25H,4,7-9,12-13,16H2/t18-,20-,22-/m1/s1. The van der Waals surface area contributed by atoms with Crippen molar-refractivity contribution in [3.8, 4) is 0 Å². The summed E-state index contributed by atoms with van der Waals surface area (Å²) in [5.74, 6) is 0.221. The van der Waals surface area contributed by atoms with Crippen molar-refractivity contribution in [1.29, 1.82) is 0 Å². The first kappa shape index (κ1) is 21.5. The average Bonchev–Trinajstić information content (AvgIpc) is 3.24. The van der Waals surface area contributed by atoms with Crippen LogP contribution in [-0.4, -0.2) is 31.8 Å². The summed E-state index contributed by atoms with van der Waals surface area (Å²) in [6, 6.07) is 17.0. The molecule has 2 fully saturated rings. The van der Waals surface area contributed by atoms with Gasteiger partial charge in [0.15, 0.2) is 0 Å². The smallest absolute Gasteiger partial charge is 0.240 e. The Hall–Kier alpha value is -1.70. The fourth-order valence-electron chi connectivity index (χ4n) is 4.65. The van der Waals surface area contributed by atoms with Gasteiger partial charge in [-0.25, -0.2) is 13.1 Å². The molecule has 2 aliphatic rings. The quantitative estimate of drug-likeness (QED) is 0.662. The van der Waals surface area contributed by atoms with Crippen LogP contribution in [0.15, 0.2) is 64.0 Å². The third-order valence-corrected chi connectivity index (χ3v) is 8.31. The van der Waals surface area contributed by atoms with Crippen molar-refractivity contribution in [2.45, 2.75) is 55.5 Å². The molecule has 1 saturated carbocycles. The Bertz CT molecular complexity index is 971. The number of carbonyl (C=O) groups excluding carboxylic acids is 1. The minimum absolute atomic E-state index is 0.0113. The second kappa shape index (κ2) is 9.20. The molecule has 0 aromatic heterocycles. The number of likely N-dealkylation sites (tertiary alicyclic amines) is 1. The fraction of sp³-hybridized carbons (Fsp3) is 0.435. The van der Waals surface area contributed by atoms with Crippen molar-refractivity contribution < 1.29 is 13.2 Å². The maximum Gasteiger partial charge on any atom is 0.240 e. The van der Waals surface area contributed by atoms with Crippen molar-refractivity contribution in [3.63, 3.8) is 0 Å². The zero-order valence-electron chi connectivity index (χ0n) is 16.8. The zero-order chi connectivity index (χ0) is 21.1. The van der Waals surface area contributed by atoms with Crippen LogP contribution in [0.25, 0.3) is 0 Å². The van der Waals surface area contributed by atoms with E-state index < -0.39 is 10.0 Å². The molecule has 0 spiro atoms. The Balaban J connectivity index is 1.35. The van der Waals surface area contributed by atoms with E-state index in [0.717, 1.165) is 36.7 Å². The highest BCUT2D eigenvalue weighted by Gasteiger charge is 2.36. The van der Waals surface area contributed by atoms with Crippen molar-refractivity contribution in [2.24, 2.45) is 5.92 Å². The monoisotopic (exact) mass is 490 g/mol. The molecule has 7 heteroatoms. The van der Waals surface area contributed by atoms with Crippen LogP contribution < -0.4 is 4.72 Å². The average molecular weight is 491 g/mol. The predicted octanol–water partition coefficient (Wildman–Crippen LogP) is 4.65. The maximum atomic E-state index is 13.2. The van der Waals surface area contributed by atoms with Gasteiger partial charge in [0.25, 0.3) is 0 Å². The van der Waals surface area contributed by atoms with Crippen LogP contribution in [-0.2, 0) is 14.8 Å². The molecule has 2 aromatic rings. The largest absolute Gasteiger partial charge is 0.335 e. The molecule has 0 unspecified atom stereocenters. The Kier molecular flexibility index (Phi) is 6.60. The summed E-state index contributed by atoms with van der Waals surface area (Å²) < 4.78 is 28.9. The van der Waals surface area contributed by atoms with Gasteiger partial charge >= 0.3 is 0 Å². The van der Waals surface area contributed by atoms with E-state index in [4.69, 9.17) is 0 Å². The molecule has 0 bridgehead atoms. The summed E-state index contributed by atoms with van der Waals surface area (Å²) >= 11 is 3.33. The summed E-state index contributed by atoms with van der Waals surface area (Å²) in [4.78, 5) is 15.5. The van der Waals surface area contributed by atoms with Crippen LogP contribution >= 0.6 is 15.9 Å². The minimum Gasteiger partial charge on any atom is -0.335 e. The van der Waals surface area contributed by atoms with E-state index in [9.17, 15) is 13.2 Å². The summed E-state index contributed by atoms with van der Waals surface area (Å²) in [5, 5.41) is 0. The summed E-state index contributed by atoms with van der Waals surface area (Å²) in [6.07, 6.45) is 4.88. The highest BCUT2D eigenvalue weighted by atomic mass is 79.9. The Labute approximate surface area is 187 Å². The van der Waals surface area contributed by atoms with Gasteiger partial charge in [-0.2, -0.15) is 0 Å². The number of amides is 1. The van der Waals surface area contributed by atoms with Crippen LogP contribution in [0.5, 0.6) is 0 Å². The van der Waals surface area contributed by atoms with E-state index in [-0.39, 0.29) is 28.8 Å². The summed E-state index contributed by atoms with van der Waals surface area (Å²) in [7, 11) is -3.54. The number of benzene rings is 2. The molecule has 4 rings (SSSR count).